The Morgan fingerprint density at radius 2 is 0.614 bits per heavy atom. The van der Waals surface area contributed by atoms with Gasteiger partial charge in [0.25, 0.3) is 0 Å². The first-order valence-corrected chi connectivity index (χ1v) is 18.3. The van der Waals surface area contributed by atoms with Crippen LogP contribution in [-0.2, 0) is 0 Å². The highest BCUT2D eigenvalue weighted by Gasteiger charge is 2.16. The number of rotatable bonds is 9. The molecule has 0 bridgehead atoms. The van der Waals surface area contributed by atoms with E-state index in [4.69, 9.17) is 20.0 Å². The SMILES string of the molecule is C(=Nc1ccc(-c2ccc(N=CC3CCCCC3)c(N=CC3CCCCC3)c2)cc1N=CC1CCCCC1)C1CCCCC1. The van der Waals surface area contributed by atoms with Gasteiger partial charge in [-0.15, -0.1) is 0 Å². The van der Waals surface area contributed by atoms with Crippen LogP contribution in [-0.4, -0.2) is 24.9 Å². The molecule has 4 saturated carbocycles. The quantitative estimate of drug-likeness (QED) is 0.261. The molecular formula is C40H54N4. The third-order valence-electron chi connectivity index (χ3n) is 10.6. The molecule has 0 atom stereocenters. The summed E-state index contributed by atoms with van der Waals surface area (Å²) in [6, 6.07) is 13.3. The van der Waals surface area contributed by atoms with Crippen molar-refractivity contribution in [3.63, 3.8) is 0 Å². The van der Waals surface area contributed by atoms with Crippen LogP contribution in [0.4, 0.5) is 22.7 Å². The largest absolute Gasteiger partial charge is 0.259 e. The zero-order valence-electron chi connectivity index (χ0n) is 27.0. The van der Waals surface area contributed by atoms with Gasteiger partial charge in [-0.1, -0.05) is 89.2 Å². The Balaban J connectivity index is 1.29. The summed E-state index contributed by atoms with van der Waals surface area (Å²) >= 11 is 0. The van der Waals surface area contributed by atoms with E-state index in [9.17, 15) is 0 Å². The average molecular weight is 591 g/mol. The maximum absolute atomic E-state index is 5.11. The molecule has 4 nitrogen and oxygen atoms in total. The normalized spacial score (nSPS) is 22.3. The lowest BCUT2D eigenvalue weighted by Gasteiger charge is -2.18. The zero-order chi connectivity index (χ0) is 29.8. The molecule has 4 fully saturated rings. The number of benzene rings is 2. The van der Waals surface area contributed by atoms with Crippen molar-refractivity contribution in [1.29, 1.82) is 0 Å². The van der Waals surface area contributed by atoms with Crippen LogP contribution in [0.15, 0.2) is 56.4 Å². The molecule has 4 heteroatoms. The molecule has 0 spiro atoms. The second-order valence-corrected chi connectivity index (χ2v) is 14.1. The summed E-state index contributed by atoms with van der Waals surface area (Å²) in [5.74, 6) is 2.38. The van der Waals surface area contributed by atoms with Gasteiger partial charge in [0.05, 0.1) is 22.7 Å². The molecule has 0 unspecified atom stereocenters. The molecular weight excluding hydrogens is 536 g/mol. The molecule has 0 amide bonds. The molecule has 2 aromatic carbocycles. The lowest BCUT2D eigenvalue weighted by Crippen LogP contribution is -2.07. The average Bonchev–Trinajstić information content (AvgIpc) is 3.10. The van der Waals surface area contributed by atoms with Crippen LogP contribution in [0, 0.1) is 23.7 Å². The minimum atomic E-state index is 0.588. The van der Waals surface area contributed by atoms with Crippen molar-refractivity contribution >= 4 is 47.6 Å². The Morgan fingerprint density at radius 1 is 0.341 bits per heavy atom. The molecule has 4 aliphatic rings. The summed E-state index contributed by atoms with van der Waals surface area (Å²) in [5, 5.41) is 0. The van der Waals surface area contributed by atoms with E-state index in [2.05, 4.69) is 61.3 Å². The van der Waals surface area contributed by atoms with E-state index in [1.165, 1.54) is 140 Å². The van der Waals surface area contributed by atoms with Crippen molar-refractivity contribution in [3.05, 3.63) is 36.4 Å². The van der Waals surface area contributed by atoms with E-state index >= 15 is 0 Å². The Hall–Kier alpha value is -2.88. The molecule has 2 aromatic rings. The zero-order valence-corrected chi connectivity index (χ0v) is 27.0. The van der Waals surface area contributed by atoms with Crippen molar-refractivity contribution in [2.45, 2.75) is 128 Å². The maximum Gasteiger partial charge on any atom is 0.0888 e. The third kappa shape index (κ3) is 9.08. The second kappa shape index (κ2) is 16.4. The number of hydrogen-bond acceptors (Lipinski definition) is 4. The minimum Gasteiger partial charge on any atom is -0.259 e. The summed E-state index contributed by atoms with van der Waals surface area (Å²) in [6.45, 7) is 0. The van der Waals surface area contributed by atoms with Crippen LogP contribution in [0.1, 0.15) is 128 Å². The van der Waals surface area contributed by atoms with Gasteiger partial charge in [-0.3, -0.25) is 20.0 Å². The maximum atomic E-state index is 5.11. The molecule has 234 valence electrons. The molecule has 0 saturated heterocycles. The van der Waals surface area contributed by atoms with Crippen LogP contribution >= 0.6 is 0 Å². The molecule has 0 aromatic heterocycles. The lowest BCUT2D eigenvalue weighted by atomic mass is 9.90. The number of aliphatic imine (C=N–C) groups is 4. The fraction of sp³-hybridized carbons (Fsp3) is 0.600. The van der Waals surface area contributed by atoms with Gasteiger partial charge in [-0.2, -0.15) is 0 Å². The summed E-state index contributed by atoms with van der Waals surface area (Å²) in [7, 11) is 0. The van der Waals surface area contributed by atoms with E-state index in [0.717, 1.165) is 22.7 Å². The molecule has 0 radical (unpaired) electrons. The molecule has 0 aliphatic heterocycles. The van der Waals surface area contributed by atoms with Crippen molar-refractivity contribution in [2.24, 2.45) is 43.6 Å². The summed E-state index contributed by atoms with van der Waals surface area (Å²) in [6.07, 6.45) is 35.0. The Bertz CT molecular complexity index is 1200. The molecule has 0 heterocycles. The van der Waals surface area contributed by atoms with Crippen LogP contribution in [0.5, 0.6) is 0 Å². The second-order valence-electron chi connectivity index (χ2n) is 14.1. The van der Waals surface area contributed by atoms with Crippen molar-refractivity contribution in [1.82, 2.24) is 0 Å². The van der Waals surface area contributed by atoms with E-state index in [1.807, 2.05) is 0 Å². The minimum absolute atomic E-state index is 0.588. The van der Waals surface area contributed by atoms with E-state index in [-0.39, 0.29) is 0 Å². The summed E-state index contributed by atoms with van der Waals surface area (Å²) in [5.41, 5.74) is 6.33. The van der Waals surface area contributed by atoms with Gasteiger partial charge in [0.1, 0.15) is 0 Å². The van der Waals surface area contributed by atoms with Gasteiger partial charge in [0.15, 0.2) is 0 Å². The third-order valence-corrected chi connectivity index (χ3v) is 10.6. The van der Waals surface area contributed by atoms with Crippen molar-refractivity contribution in [3.8, 4) is 11.1 Å². The highest BCUT2D eigenvalue weighted by molar-refractivity contribution is 5.84. The number of nitrogens with zero attached hydrogens (tertiary/aromatic N) is 4. The smallest absolute Gasteiger partial charge is 0.0888 e. The first-order valence-electron chi connectivity index (χ1n) is 18.3. The van der Waals surface area contributed by atoms with Gasteiger partial charge < -0.3 is 0 Å². The molecule has 6 rings (SSSR count). The predicted octanol–water partition coefficient (Wildman–Crippen LogP) is 12.5. The first-order chi connectivity index (χ1) is 21.8. The van der Waals surface area contributed by atoms with Gasteiger partial charge >= 0.3 is 0 Å². The fourth-order valence-corrected chi connectivity index (χ4v) is 7.71. The van der Waals surface area contributed by atoms with Gasteiger partial charge in [-0.25, -0.2) is 0 Å². The summed E-state index contributed by atoms with van der Waals surface area (Å²) < 4.78 is 0. The van der Waals surface area contributed by atoms with E-state index in [0.29, 0.717) is 23.7 Å². The first kappa shape index (κ1) is 31.1. The van der Waals surface area contributed by atoms with E-state index in [1.54, 1.807) is 0 Å². The Morgan fingerprint density at radius 3 is 0.909 bits per heavy atom. The van der Waals surface area contributed by atoms with Crippen molar-refractivity contribution < 1.29 is 0 Å². The monoisotopic (exact) mass is 590 g/mol. The number of hydrogen-bond donors (Lipinski definition) is 0. The topological polar surface area (TPSA) is 49.4 Å². The standard InChI is InChI=1S/C40H54N4/c1-5-13-31(14-6-1)27-41-37-23-21-35(25-39(37)43-29-33-17-9-3-10-18-33)36-22-24-38(42-28-32-15-7-2-8-16-32)40(26-36)44-30-34-19-11-4-12-20-34/h21-34H,1-20H2. The van der Waals surface area contributed by atoms with Crippen LogP contribution < -0.4 is 0 Å². The Kier molecular flexibility index (Phi) is 11.6. The van der Waals surface area contributed by atoms with Crippen molar-refractivity contribution in [2.75, 3.05) is 0 Å². The van der Waals surface area contributed by atoms with Gasteiger partial charge in [0, 0.05) is 24.9 Å². The molecule has 4 aliphatic carbocycles. The van der Waals surface area contributed by atoms with Crippen LogP contribution in [0.2, 0.25) is 0 Å². The highest BCUT2D eigenvalue weighted by Crippen LogP contribution is 2.38. The van der Waals surface area contributed by atoms with Gasteiger partial charge in [0.2, 0.25) is 0 Å². The van der Waals surface area contributed by atoms with Crippen LogP contribution in [0.3, 0.4) is 0 Å². The fourth-order valence-electron chi connectivity index (χ4n) is 7.71. The van der Waals surface area contributed by atoms with E-state index < -0.39 is 0 Å². The summed E-state index contributed by atoms with van der Waals surface area (Å²) in [4.78, 5) is 20.3. The molecule has 0 N–H and O–H groups in total. The van der Waals surface area contributed by atoms with Crippen LogP contribution in [0.25, 0.3) is 11.1 Å². The van der Waals surface area contributed by atoms with Gasteiger partial charge in [-0.05, 0) is 110 Å². The Labute approximate surface area is 266 Å². The highest BCUT2D eigenvalue weighted by atomic mass is 14.8. The molecule has 44 heavy (non-hydrogen) atoms. The lowest BCUT2D eigenvalue weighted by molar-refractivity contribution is 0.445. The predicted molar refractivity (Wildman–Crippen MR) is 191 cm³/mol.